The Morgan fingerprint density at radius 1 is 1.28 bits per heavy atom. The van der Waals surface area contributed by atoms with E-state index < -0.39 is 16.6 Å². The lowest BCUT2D eigenvalue weighted by atomic mass is 10.1. The molecule has 0 spiro atoms. The Labute approximate surface area is 176 Å². The highest BCUT2D eigenvalue weighted by Gasteiger charge is 2.18. The Bertz CT molecular complexity index is 1230. The van der Waals surface area contributed by atoms with Gasteiger partial charge in [0.05, 0.1) is 10.6 Å². The summed E-state index contributed by atoms with van der Waals surface area (Å²) in [6.45, 7) is -0.363. The molecule has 3 aromatic rings. The monoisotopic (exact) mass is 473 g/mol. The zero-order valence-corrected chi connectivity index (χ0v) is 17.1. The molecule has 0 saturated heterocycles. The fourth-order valence-corrected chi connectivity index (χ4v) is 4.04. The molecule has 6 nitrogen and oxygen atoms in total. The molecule has 2 N–H and O–H groups in total. The molecular formula is C20H13BrFN3O3S. The van der Waals surface area contributed by atoms with Gasteiger partial charge in [-0.3, -0.25) is 19.1 Å². The fourth-order valence-electron chi connectivity index (χ4n) is 2.84. The van der Waals surface area contributed by atoms with Crippen molar-refractivity contribution in [3.63, 3.8) is 0 Å². The number of aromatic nitrogens is 1. The summed E-state index contributed by atoms with van der Waals surface area (Å²) in [6, 6.07) is 10.9. The minimum atomic E-state index is -0.511. The van der Waals surface area contributed by atoms with Crippen LogP contribution in [-0.2, 0) is 11.3 Å². The number of thiazole rings is 1. The largest absolute Gasteiger partial charge is 0.493 e. The lowest BCUT2D eigenvalue weighted by molar-refractivity contribution is -0.116. The molecule has 4 rings (SSSR count). The van der Waals surface area contributed by atoms with Crippen LogP contribution < -0.4 is 10.2 Å². The van der Waals surface area contributed by atoms with Gasteiger partial charge in [0.25, 0.3) is 0 Å². The van der Waals surface area contributed by atoms with Crippen LogP contribution in [-0.4, -0.2) is 21.8 Å². The summed E-state index contributed by atoms with van der Waals surface area (Å²) in [7, 11) is 0. The van der Waals surface area contributed by atoms with Gasteiger partial charge in [0.15, 0.2) is 0 Å². The summed E-state index contributed by atoms with van der Waals surface area (Å²) < 4.78 is 14.8. The van der Waals surface area contributed by atoms with Crippen LogP contribution in [0.15, 0.2) is 56.7 Å². The third-order valence-electron chi connectivity index (χ3n) is 4.22. The highest BCUT2D eigenvalue weighted by Crippen LogP contribution is 2.36. The molecule has 1 aromatic heterocycles. The zero-order valence-electron chi connectivity index (χ0n) is 14.7. The summed E-state index contributed by atoms with van der Waals surface area (Å²) in [6.07, 6.45) is 3.32. The normalized spacial score (nSPS) is 13.7. The van der Waals surface area contributed by atoms with Gasteiger partial charge in [-0.1, -0.05) is 27.3 Å². The predicted octanol–water partition coefficient (Wildman–Crippen LogP) is 4.41. The number of nitrogens with zero attached hydrogens (tertiary/aromatic N) is 2. The second-order valence-electron chi connectivity index (χ2n) is 6.22. The second-order valence-corrected chi connectivity index (χ2v) is 8.13. The average Bonchev–Trinajstić information content (AvgIpc) is 3.19. The van der Waals surface area contributed by atoms with E-state index in [0.29, 0.717) is 10.6 Å². The first-order chi connectivity index (χ1) is 13.9. The smallest absolute Gasteiger partial charge is 0.311 e. The lowest BCUT2D eigenvalue weighted by Crippen LogP contribution is -2.24. The van der Waals surface area contributed by atoms with Gasteiger partial charge in [-0.05, 0) is 48.5 Å². The average molecular weight is 474 g/mol. The van der Waals surface area contributed by atoms with Gasteiger partial charge in [-0.15, -0.1) is 0 Å². The molecule has 0 unspecified atom stereocenters. The van der Waals surface area contributed by atoms with Crippen molar-refractivity contribution in [2.75, 3.05) is 5.32 Å². The maximum atomic E-state index is 13.0. The maximum Gasteiger partial charge on any atom is 0.311 e. The Hall–Kier alpha value is -3.04. The molecule has 2 aromatic carbocycles. The fraction of sp³-hybridized carbons (Fsp3) is 0.0500. The van der Waals surface area contributed by atoms with Crippen LogP contribution in [0.25, 0.3) is 11.6 Å². The molecule has 1 aliphatic rings. The maximum absolute atomic E-state index is 13.0. The van der Waals surface area contributed by atoms with Gasteiger partial charge in [0, 0.05) is 27.5 Å². The third-order valence-corrected chi connectivity index (χ3v) is 5.63. The SMILES string of the molecule is O=C(Cn1c(O)c(C=C2C=Nc3ccc(Br)cc32)sc1=O)Nc1ccc(F)cc1. The third kappa shape index (κ3) is 4.06. The van der Waals surface area contributed by atoms with Crippen molar-refractivity contribution in [2.24, 2.45) is 4.99 Å². The number of carbonyl (C=O) groups is 1. The number of hydrogen-bond donors (Lipinski definition) is 2. The molecule has 0 saturated carbocycles. The number of carbonyl (C=O) groups excluding carboxylic acids is 1. The minimum absolute atomic E-state index is 0.293. The number of aromatic hydroxyl groups is 1. The number of rotatable bonds is 4. The van der Waals surface area contributed by atoms with Crippen LogP contribution in [0.4, 0.5) is 15.8 Å². The molecule has 1 aliphatic heterocycles. The molecule has 0 bridgehead atoms. The van der Waals surface area contributed by atoms with Gasteiger partial charge in [-0.25, -0.2) is 4.39 Å². The van der Waals surface area contributed by atoms with E-state index in [-0.39, 0.29) is 12.4 Å². The first-order valence-electron chi connectivity index (χ1n) is 8.44. The Balaban J connectivity index is 1.57. The molecule has 9 heteroatoms. The van der Waals surface area contributed by atoms with Crippen molar-refractivity contribution in [2.45, 2.75) is 6.54 Å². The molecule has 0 atom stereocenters. The number of aliphatic imine (C=N–C) groups is 1. The van der Waals surface area contributed by atoms with Crippen molar-refractivity contribution < 1.29 is 14.3 Å². The van der Waals surface area contributed by atoms with Crippen LogP contribution >= 0.6 is 27.3 Å². The summed E-state index contributed by atoms with van der Waals surface area (Å²) in [5.41, 5.74) is 2.82. The van der Waals surface area contributed by atoms with E-state index in [1.165, 1.54) is 24.3 Å². The van der Waals surface area contributed by atoms with E-state index in [0.717, 1.165) is 37.2 Å². The number of nitrogens with one attached hydrogen (secondary N) is 1. The van der Waals surface area contributed by atoms with Gasteiger partial charge < -0.3 is 10.4 Å². The number of halogens is 2. The molecule has 146 valence electrons. The number of fused-ring (bicyclic) bond motifs is 1. The van der Waals surface area contributed by atoms with Crippen molar-refractivity contribution in [3.8, 4) is 5.88 Å². The Morgan fingerprint density at radius 3 is 2.79 bits per heavy atom. The first kappa shape index (κ1) is 19.3. The Morgan fingerprint density at radius 2 is 2.03 bits per heavy atom. The molecule has 0 radical (unpaired) electrons. The second kappa shape index (κ2) is 7.76. The van der Waals surface area contributed by atoms with E-state index in [2.05, 4.69) is 26.2 Å². The van der Waals surface area contributed by atoms with Crippen LogP contribution in [0.3, 0.4) is 0 Å². The van der Waals surface area contributed by atoms with Gasteiger partial charge in [0.1, 0.15) is 12.4 Å². The summed E-state index contributed by atoms with van der Waals surface area (Å²) >= 11 is 4.25. The first-order valence-corrected chi connectivity index (χ1v) is 10.1. The molecule has 29 heavy (non-hydrogen) atoms. The van der Waals surface area contributed by atoms with E-state index in [9.17, 15) is 19.1 Å². The van der Waals surface area contributed by atoms with E-state index in [4.69, 9.17) is 0 Å². The standard InChI is InChI=1S/C20H13BrFN3O3S/c21-12-1-6-16-15(8-12)11(9-23-16)7-17-19(27)25(20(28)29-17)10-18(26)24-14-4-2-13(22)3-5-14/h1-9,27H,10H2,(H,24,26). The summed E-state index contributed by atoms with van der Waals surface area (Å²) in [4.78, 5) is 28.7. The number of hydrogen-bond acceptors (Lipinski definition) is 5. The van der Waals surface area contributed by atoms with Crippen molar-refractivity contribution in [1.82, 2.24) is 4.57 Å². The van der Waals surface area contributed by atoms with E-state index >= 15 is 0 Å². The van der Waals surface area contributed by atoms with Gasteiger partial charge >= 0.3 is 4.87 Å². The van der Waals surface area contributed by atoms with Crippen molar-refractivity contribution >= 4 is 62.4 Å². The predicted molar refractivity (Wildman–Crippen MR) is 115 cm³/mol. The zero-order chi connectivity index (χ0) is 20.5. The van der Waals surface area contributed by atoms with Crippen LogP contribution in [0.5, 0.6) is 5.88 Å². The number of allylic oxidation sites excluding steroid dienone is 1. The number of amides is 1. The minimum Gasteiger partial charge on any atom is -0.493 e. The molecule has 1 amide bonds. The molecule has 0 aliphatic carbocycles. The topological polar surface area (TPSA) is 83.7 Å². The highest BCUT2D eigenvalue weighted by atomic mass is 79.9. The lowest BCUT2D eigenvalue weighted by Gasteiger charge is -2.06. The number of anilines is 1. The highest BCUT2D eigenvalue weighted by molar-refractivity contribution is 9.10. The van der Waals surface area contributed by atoms with Crippen molar-refractivity contribution in [3.05, 3.63) is 72.9 Å². The molecular weight excluding hydrogens is 461 g/mol. The van der Waals surface area contributed by atoms with E-state index in [1.54, 1.807) is 12.3 Å². The van der Waals surface area contributed by atoms with Gasteiger partial charge in [0.2, 0.25) is 11.8 Å². The quantitative estimate of drug-likeness (QED) is 0.588. The number of benzene rings is 2. The van der Waals surface area contributed by atoms with Gasteiger partial charge in [-0.2, -0.15) is 0 Å². The molecule has 0 fully saturated rings. The molecule has 2 heterocycles. The van der Waals surface area contributed by atoms with Crippen LogP contribution in [0, 0.1) is 5.82 Å². The van der Waals surface area contributed by atoms with Crippen LogP contribution in [0.1, 0.15) is 10.4 Å². The summed E-state index contributed by atoms with van der Waals surface area (Å²) in [5.74, 6) is -1.22. The Kier molecular flexibility index (Phi) is 5.16. The van der Waals surface area contributed by atoms with Crippen molar-refractivity contribution in [1.29, 1.82) is 0 Å². The van der Waals surface area contributed by atoms with E-state index in [1.807, 2.05) is 18.2 Å². The summed E-state index contributed by atoms with van der Waals surface area (Å²) in [5, 5.41) is 13.0. The van der Waals surface area contributed by atoms with Crippen LogP contribution in [0.2, 0.25) is 0 Å².